The van der Waals surface area contributed by atoms with Crippen LogP contribution in [-0.4, -0.2) is 31.1 Å². The minimum atomic E-state index is -0.129. The van der Waals surface area contributed by atoms with Crippen LogP contribution >= 0.6 is 11.6 Å². The first-order valence-electron chi connectivity index (χ1n) is 8.30. The number of aromatic nitrogens is 5. The van der Waals surface area contributed by atoms with Crippen LogP contribution in [0.2, 0.25) is 5.02 Å². The van der Waals surface area contributed by atoms with Crippen molar-refractivity contribution in [1.29, 1.82) is 0 Å². The van der Waals surface area contributed by atoms with Crippen molar-refractivity contribution >= 4 is 39.3 Å². The number of rotatable bonds is 2. The highest BCUT2D eigenvalue weighted by Crippen LogP contribution is 2.32. The van der Waals surface area contributed by atoms with Crippen molar-refractivity contribution in [3.05, 3.63) is 77.3 Å². The van der Waals surface area contributed by atoms with E-state index in [0.717, 1.165) is 27.4 Å². The number of benzene rings is 3. The Labute approximate surface area is 158 Å². The van der Waals surface area contributed by atoms with Crippen LogP contribution in [0.3, 0.4) is 0 Å². The molecule has 2 aromatic heterocycles. The van der Waals surface area contributed by atoms with Crippen LogP contribution < -0.4 is 0 Å². The Morgan fingerprint density at radius 1 is 0.926 bits per heavy atom. The van der Waals surface area contributed by atoms with Gasteiger partial charge in [0.25, 0.3) is 5.91 Å². The highest BCUT2D eigenvalue weighted by molar-refractivity contribution is 6.31. The van der Waals surface area contributed by atoms with E-state index in [-0.39, 0.29) is 5.91 Å². The lowest BCUT2D eigenvalue weighted by Gasteiger charge is -2.07. The Morgan fingerprint density at radius 2 is 1.78 bits per heavy atom. The van der Waals surface area contributed by atoms with E-state index in [9.17, 15) is 4.79 Å². The fraction of sp³-hybridized carbons (Fsp3) is 0. The molecule has 0 amide bonds. The molecule has 0 bridgehead atoms. The minimum Gasteiger partial charge on any atom is -0.276 e. The van der Waals surface area contributed by atoms with Gasteiger partial charge in [0.15, 0.2) is 0 Å². The number of fused-ring (bicyclic) bond motifs is 3. The Morgan fingerprint density at radius 3 is 2.59 bits per heavy atom. The van der Waals surface area contributed by atoms with E-state index < -0.39 is 0 Å². The molecule has 7 heteroatoms. The van der Waals surface area contributed by atoms with Crippen LogP contribution in [0, 0.1) is 0 Å². The zero-order valence-corrected chi connectivity index (χ0v) is 14.7. The molecule has 0 saturated carbocycles. The molecule has 0 radical (unpaired) electrons. The molecule has 130 valence electrons. The number of H-pyrrole nitrogens is 1. The number of aromatic amines is 1. The maximum Gasteiger partial charge on any atom is 0.262 e. The van der Waals surface area contributed by atoms with Crippen LogP contribution in [0.1, 0.15) is 10.4 Å². The van der Waals surface area contributed by atoms with Crippen molar-refractivity contribution in [3.8, 4) is 11.4 Å². The Kier molecular flexibility index (Phi) is 3.51. The van der Waals surface area contributed by atoms with E-state index in [1.165, 1.54) is 0 Å². The SMILES string of the molecule is O=C(c1cccc(Cl)c1)n1c2ccccc2c2cc(-c3nn[nH]n3)ccc21. The highest BCUT2D eigenvalue weighted by atomic mass is 35.5. The standard InChI is InChI=1S/C20H12ClN5O/c21-14-5-3-4-13(10-14)20(27)26-17-7-2-1-6-15(17)16-11-12(8-9-18(16)26)19-22-24-25-23-19/h1-11H,(H,22,23,24,25). The number of nitrogens with zero attached hydrogens (tertiary/aromatic N) is 4. The summed E-state index contributed by atoms with van der Waals surface area (Å²) in [4.78, 5) is 13.3. The van der Waals surface area contributed by atoms with Crippen LogP contribution in [0.4, 0.5) is 0 Å². The molecule has 0 spiro atoms. The first-order valence-corrected chi connectivity index (χ1v) is 8.67. The third-order valence-electron chi connectivity index (χ3n) is 4.55. The first-order chi connectivity index (χ1) is 13.2. The Hall–Kier alpha value is -3.51. The highest BCUT2D eigenvalue weighted by Gasteiger charge is 2.18. The number of nitrogens with one attached hydrogen (secondary N) is 1. The van der Waals surface area contributed by atoms with E-state index in [2.05, 4.69) is 20.6 Å². The molecule has 0 aliphatic carbocycles. The number of hydrogen-bond acceptors (Lipinski definition) is 4. The van der Waals surface area contributed by atoms with Gasteiger partial charge in [-0.05, 0) is 47.7 Å². The molecule has 0 aliphatic heterocycles. The number of para-hydroxylation sites is 1. The van der Waals surface area contributed by atoms with Crippen molar-refractivity contribution in [2.75, 3.05) is 0 Å². The molecular formula is C20H12ClN5O. The summed E-state index contributed by atoms with van der Waals surface area (Å²) in [6, 6.07) is 20.5. The minimum absolute atomic E-state index is 0.129. The summed E-state index contributed by atoms with van der Waals surface area (Å²) in [6.07, 6.45) is 0. The van der Waals surface area contributed by atoms with Gasteiger partial charge >= 0.3 is 0 Å². The number of carbonyl (C=O) groups is 1. The number of hydrogen-bond donors (Lipinski definition) is 1. The van der Waals surface area contributed by atoms with Crippen LogP contribution in [-0.2, 0) is 0 Å². The van der Waals surface area contributed by atoms with Crippen LogP contribution in [0.25, 0.3) is 33.2 Å². The largest absolute Gasteiger partial charge is 0.276 e. The number of tetrazole rings is 1. The Bertz CT molecular complexity index is 1310. The van der Waals surface area contributed by atoms with Gasteiger partial charge in [0.2, 0.25) is 5.82 Å². The van der Waals surface area contributed by atoms with E-state index in [1.54, 1.807) is 28.8 Å². The van der Waals surface area contributed by atoms with Gasteiger partial charge in [0, 0.05) is 26.9 Å². The molecule has 6 nitrogen and oxygen atoms in total. The lowest BCUT2D eigenvalue weighted by atomic mass is 10.1. The second-order valence-electron chi connectivity index (χ2n) is 6.14. The summed E-state index contributed by atoms with van der Waals surface area (Å²) >= 11 is 6.08. The first kappa shape index (κ1) is 15.7. The summed E-state index contributed by atoms with van der Waals surface area (Å²) in [5, 5.41) is 16.6. The molecule has 1 N–H and O–H groups in total. The van der Waals surface area contributed by atoms with E-state index in [0.29, 0.717) is 16.4 Å². The van der Waals surface area contributed by atoms with Crippen molar-refractivity contribution in [1.82, 2.24) is 25.2 Å². The molecular weight excluding hydrogens is 362 g/mol. The number of carbonyl (C=O) groups excluding carboxylic acids is 1. The number of halogens is 1. The molecule has 0 aliphatic rings. The predicted molar refractivity (Wildman–Crippen MR) is 104 cm³/mol. The molecule has 0 atom stereocenters. The lowest BCUT2D eigenvalue weighted by molar-refractivity contribution is 0.0969. The monoisotopic (exact) mass is 373 g/mol. The van der Waals surface area contributed by atoms with E-state index in [4.69, 9.17) is 11.6 Å². The second-order valence-corrected chi connectivity index (χ2v) is 6.57. The fourth-order valence-electron chi connectivity index (χ4n) is 3.37. The molecule has 0 unspecified atom stereocenters. The maximum absolute atomic E-state index is 13.3. The van der Waals surface area contributed by atoms with Gasteiger partial charge in [-0.3, -0.25) is 9.36 Å². The molecule has 2 heterocycles. The van der Waals surface area contributed by atoms with Gasteiger partial charge in [-0.1, -0.05) is 35.9 Å². The van der Waals surface area contributed by atoms with Gasteiger partial charge < -0.3 is 0 Å². The van der Waals surface area contributed by atoms with Crippen molar-refractivity contribution in [3.63, 3.8) is 0 Å². The van der Waals surface area contributed by atoms with E-state index >= 15 is 0 Å². The maximum atomic E-state index is 13.3. The van der Waals surface area contributed by atoms with E-state index in [1.807, 2.05) is 42.5 Å². The molecule has 0 saturated heterocycles. The smallest absolute Gasteiger partial charge is 0.262 e. The van der Waals surface area contributed by atoms with Crippen molar-refractivity contribution in [2.24, 2.45) is 0 Å². The molecule has 3 aromatic carbocycles. The van der Waals surface area contributed by atoms with Gasteiger partial charge in [-0.25, -0.2) is 0 Å². The molecule has 5 aromatic rings. The second kappa shape index (κ2) is 6.03. The normalized spacial score (nSPS) is 11.3. The summed E-state index contributed by atoms with van der Waals surface area (Å²) in [5.41, 5.74) is 3.01. The third kappa shape index (κ3) is 2.50. The average molecular weight is 374 g/mol. The topological polar surface area (TPSA) is 76.5 Å². The Balaban J connectivity index is 1.80. The predicted octanol–water partition coefficient (Wildman–Crippen LogP) is 4.32. The molecule has 5 rings (SSSR count). The van der Waals surface area contributed by atoms with Gasteiger partial charge in [0.05, 0.1) is 11.0 Å². The van der Waals surface area contributed by atoms with Gasteiger partial charge in [0.1, 0.15) is 0 Å². The van der Waals surface area contributed by atoms with Crippen molar-refractivity contribution in [2.45, 2.75) is 0 Å². The lowest BCUT2D eigenvalue weighted by Crippen LogP contribution is -2.11. The van der Waals surface area contributed by atoms with Crippen molar-refractivity contribution < 1.29 is 4.79 Å². The summed E-state index contributed by atoms with van der Waals surface area (Å²) in [7, 11) is 0. The van der Waals surface area contributed by atoms with Gasteiger partial charge in [-0.15, -0.1) is 10.2 Å². The zero-order valence-electron chi connectivity index (χ0n) is 13.9. The van der Waals surface area contributed by atoms with Gasteiger partial charge in [-0.2, -0.15) is 5.21 Å². The zero-order chi connectivity index (χ0) is 18.4. The third-order valence-corrected chi connectivity index (χ3v) is 4.79. The molecule has 0 fully saturated rings. The quantitative estimate of drug-likeness (QED) is 0.500. The summed E-state index contributed by atoms with van der Waals surface area (Å²) < 4.78 is 1.72. The average Bonchev–Trinajstić information content (AvgIpc) is 3.33. The fourth-order valence-corrected chi connectivity index (χ4v) is 3.56. The summed E-state index contributed by atoms with van der Waals surface area (Å²) in [6.45, 7) is 0. The molecule has 27 heavy (non-hydrogen) atoms. The van der Waals surface area contributed by atoms with Crippen LogP contribution in [0.15, 0.2) is 66.7 Å². The summed E-state index contributed by atoms with van der Waals surface area (Å²) in [5.74, 6) is 0.380. The van der Waals surface area contributed by atoms with Crippen LogP contribution in [0.5, 0.6) is 0 Å².